The number of hydrogen-bond donors (Lipinski definition) is 0. The van der Waals surface area contributed by atoms with E-state index in [1.54, 1.807) is 12.1 Å². The fourth-order valence-electron chi connectivity index (χ4n) is 1.69. The molecule has 0 aliphatic rings. The first-order valence-corrected chi connectivity index (χ1v) is 6.15. The zero-order valence-electron chi connectivity index (χ0n) is 11.1. The number of hydrazone groups is 1. The van der Waals surface area contributed by atoms with E-state index in [9.17, 15) is 4.79 Å². The number of para-hydroxylation sites is 1. The van der Waals surface area contributed by atoms with Gasteiger partial charge in [-0.15, -0.1) is 0 Å². The van der Waals surface area contributed by atoms with Gasteiger partial charge in [-0.05, 0) is 38.1 Å². The Kier molecular flexibility index (Phi) is 4.08. The first kappa shape index (κ1) is 13.0. The lowest BCUT2D eigenvalue weighted by Gasteiger charge is -2.17. The minimum Gasteiger partial charge on any atom is -0.267 e. The fourth-order valence-corrected chi connectivity index (χ4v) is 1.69. The highest BCUT2D eigenvalue weighted by molar-refractivity contribution is 6.06. The average Bonchev–Trinajstić information content (AvgIpc) is 2.46. The fraction of sp³-hybridized carbons (Fsp3) is 0.125. The molecule has 96 valence electrons. The molecule has 1 amide bonds. The Morgan fingerprint density at radius 3 is 1.95 bits per heavy atom. The van der Waals surface area contributed by atoms with Crippen LogP contribution in [0.4, 0.5) is 5.69 Å². The van der Waals surface area contributed by atoms with Gasteiger partial charge in [0.05, 0.1) is 5.69 Å². The lowest BCUT2D eigenvalue weighted by molar-refractivity contribution is 0.0987. The number of benzene rings is 2. The van der Waals surface area contributed by atoms with Crippen molar-refractivity contribution in [3.8, 4) is 0 Å². The van der Waals surface area contributed by atoms with Crippen LogP contribution in [0.1, 0.15) is 24.2 Å². The van der Waals surface area contributed by atoms with Crippen LogP contribution in [-0.4, -0.2) is 11.6 Å². The Bertz CT molecular complexity index is 572. The molecule has 0 spiro atoms. The Labute approximate surface area is 113 Å². The lowest BCUT2D eigenvalue weighted by Crippen LogP contribution is -2.26. The summed E-state index contributed by atoms with van der Waals surface area (Å²) in [6.07, 6.45) is 0. The van der Waals surface area contributed by atoms with E-state index in [-0.39, 0.29) is 5.91 Å². The van der Waals surface area contributed by atoms with Crippen molar-refractivity contribution in [3.05, 3.63) is 66.2 Å². The van der Waals surface area contributed by atoms with E-state index in [1.165, 1.54) is 5.01 Å². The third-order valence-corrected chi connectivity index (χ3v) is 2.51. The molecule has 0 radical (unpaired) electrons. The van der Waals surface area contributed by atoms with E-state index in [0.29, 0.717) is 5.56 Å². The summed E-state index contributed by atoms with van der Waals surface area (Å²) in [4.78, 5) is 12.5. The number of amides is 1. The first-order chi connectivity index (χ1) is 9.18. The zero-order valence-corrected chi connectivity index (χ0v) is 11.1. The standard InChI is InChI=1S/C16H16N2O/c1-13(2)17-18(15-11-7-4-8-12-15)16(19)14-9-5-3-6-10-14/h3-12H,1-2H3. The molecule has 0 saturated carbocycles. The molecule has 0 aliphatic carbocycles. The SMILES string of the molecule is CC(C)=NN(C(=O)c1ccccc1)c1ccccc1. The number of hydrogen-bond acceptors (Lipinski definition) is 2. The quantitative estimate of drug-likeness (QED) is 0.605. The van der Waals surface area contributed by atoms with Crippen LogP contribution in [0.15, 0.2) is 65.8 Å². The number of carbonyl (C=O) groups excluding carboxylic acids is 1. The molecule has 0 unspecified atom stereocenters. The van der Waals surface area contributed by atoms with Gasteiger partial charge in [0, 0.05) is 11.3 Å². The molecule has 0 bridgehead atoms. The highest BCUT2D eigenvalue weighted by Crippen LogP contribution is 2.17. The maximum atomic E-state index is 12.5. The van der Waals surface area contributed by atoms with Gasteiger partial charge in [0.2, 0.25) is 0 Å². The molecular formula is C16H16N2O. The van der Waals surface area contributed by atoms with E-state index in [4.69, 9.17) is 0 Å². The highest BCUT2D eigenvalue weighted by Gasteiger charge is 2.16. The largest absolute Gasteiger partial charge is 0.278 e. The Morgan fingerprint density at radius 1 is 0.895 bits per heavy atom. The molecule has 0 aromatic heterocycles. The molecule has 0 fully saturated rings. The lowest BCUT2D eigenvalue weighted by atomic mass is 10.2. The molecule has 3 heteroatoms. The predicted molar refractivity (Wildman–Crippen MR) is 78.5 cm³/mol. The second kappa shape index (κ2) is 5.96. The summed E-state index contributed by atoms with van der Waals surface area (Å²) in [5, 5.41) is 5.76. The van der Waals surface area contributed by atoms with Crippen molar-refractivity contribution >= 4 is 17.3 Å². The Hall–Kier alpha value is -2.42. The van der Waals surface area contributed by atoms with Gasteiger partial charge >= 0.3 is 0 Å². The van der Waals surface area contributed by atoms with Crippen molar-refractivity contribution in [3.63, 3.8) is 0 Å². The third-order valence-electron chi connectivity index (χ3n) is 2.51. The molecular weight excluding hydrogens is 236 g/mol. The van der Waals surface area contributed by atoms with E-state index in [2.05, 4.69) is 5.10 Å². The second-order valence-corrected chi connectivity index (χ2v) is 4.37. The summed E-state index contributed by atoms with van der Waals surface area (Å²) in [6.45, 7) is 3.74. The molecule has 0 aliphatic heterocycles. The maximum absolute atomic E-state index is 12.5. The zero-order chi connectivity index (χ0) is 13.7. The molecule has 0 heterocycles. The van der Waals surface area contributed by atoms with E-state index >= 15 is 0 Å². The molecule has 0 N–H and O–H groups in total. The average molecular weight is 252 g/mol. The first-order valence-electron chi connectivity index (χ1n) is 6.15. The minimum atomic E-state index is -0.131. The van der Waals surface area contributed by atoms with Gasteiger partial charge < -0.3 is 0 Å². The van der Waals surface area contributed by atoms with Crippen LogP contribution in [0.2, 0.25) is 0 Å². The summed E-state index contributed by atoms with van der Waals surface area (Å²) in [5.41, 5.74) is 2.21. The van der Waals surface area contributed by atoms with Gasteiger partial charge in [0.25, 0.3) is 5.91 Å². The van der Waals surface area contributed by atoms with Crippen molar-refractivity contribution in [2.45, 2.75) is 13.8 Å². The van der Waals surface area contributed by atoms with Crippen molar-refractivity contribution in [1.82, 2.24) is 0 Å². The van der Waals surface area contributed by atoms with Crippen LogP contribution in [0.25, 0.3) is 0 Å². The smallest absolute Gasteiger partial charge is 0.267 e. The monoisotopic (exact) mass is 252 g/mol. The summed E-state index contributed by atoms with van der Waals surface area (Å²) in [5.74, 6) is -0.131. The maximum Gasteiger partial charge on any atom is 0.278 e. The van der Waals surface area contributed by atoms with E-state index in [0.717, 1.165) is 11.4 Å². The van der Waals surface area contributed by atoms with Crippen molar-refractivity contribution in [2.75, 3.05) is 5.01 Å². The van der Waals surface area contributed by atoms with Crippen LogP contribution in [0.3, 0.4) is 0 Å². The number of anilines is 1. The van der Waals surface area contributed by atoms with Crippen LogP contribution in [0.5, 0.6) is 0 Å². The molecule has 2 rings (SSSR count). The van der Waals surface area contributed by atoms with Gasteiger partial charge in [-0.3, -0.25) is 4.79 Å². The van der Waals surface area contributed by atoms with Crippen LogP contribution in [-0.2, 0) is 0 Å². The highest BCUT2D eigenvalue weighted by atomic mass is 16.2. The molecule has 19 heavy (non-hydrogen) atoms. The van der Waals surface area contributed by atoms with Gasteiger partial charge in [-0.25, -0.2) is 0 Å². The third kappa shape index (κ3) is 3.28. The van der Waals surface area contributed by atoms with Gasteiger partial charge in [0.1, 0.15) is 0 Å². The topological polar surface area (TPSA) is 32.7 Å². The van der Waals surface area contributed by atoms with Crippen LogP contribution in [0, 0.1) is 0 Å². The second-order valence-electron chi connectivity index (χ2n) is 4.37. The Balaban J connectivity index is 2.40. The summed E-state index contributed by atoms with van der Waals surface area (Å²) in [6, 6.07) is 18.6. The predicted octanol–water partition coefficient (Wildman–Crippen LogP) is 3.73. The molecule has 0 saturated heterocycles. The number of rotatable bonds is 3. The normalized spacial score (nSPS) is 9.79. The summed E-state index contributed by atoms with van der Waals surface area (Å²) < 4.78 is 0. The molecule has 2 aromatic rings. The van der Waals surface area contributed by atoms with Gasteiger partial charge in [-0.1, -0.05) is 36.4 Å². The van der Waals surface area contributed by atoms with Gasteiger partial charge in [0.15, 0.2) is 0 Å². The summed E-state index contributed by atoms with van der Waals surface area (Å²) in [7, 11) is 0. The van der Waals surface area contributed by atoms with E-state index < -0.39 is 0 Å². The molecule has 0 atom stereocenters. The van der Waals surface area contributed by atoms with Crippen molar-refractivity contribution in [2.24, 2.45) is 5.10 Å². The summed E-state index contributed by atoms with van der Waals surface area (Å²) >= 11 is 0. The van der Waals surface area contributed by atoms with Crippen molar-refractivity contribution < 1.29 is 4.79 Å². The van der Waals surface area contributed by atoms with E-state index in [1.807, 2.05) is 62.4 Å². The van der Waals surface area contributed by atoms with Crippen molar-refractivity contribution in [1.29, 1.82) is 0 Å². The number of nitrogens with zero attached hydrogens (tertiary/aromatic N) is 2. The number of carbonyl (C=O) groups is 1. The minimum absolute atomic E-state index is 0.131. The van der Waals surface area contributed by atoms with Gasteiger partial charge in [-0.2, -0.15) is 10.1 Å². The molecule has 2 aromatic carbocycles. The van der Waals surface area contributed by atoms with Crippen LogP contribution < -0.4 is 5.01 Å². The van der Waals surface area contributed by atoms with Crippen LogP contribution >= 0.6 is 0 Å². The Morgan fingerprint density at radius 2 is 1.42 bits per heavy atom. The molecule has 3 nitrogen and oxygen atoms in total.